The van der Waals surface area contributed by atoms with Gasteiger partial charge in [0.25, 0.3) is 0 Å². The molecular formula is C14H26N2O3S. The van der Waals surface area contributed by atoms with Gasteiger partial charge in [-0.2, -0.15) is 11.8 Å². The van der Waals surface area contributed by atoms with Crippen molar-refractivity contribution < 1.29 is 14.7 Å². The van der Waals surface area contributed by atoms with Crippen LogP contribution in [0.25, 0.3) is 0 Å². The second-order valence-corrected chi connectivity index (χ2v) is 7.41. The predicted octanol–water partition coefficient (Wildman–Crippen LogP) is 2.46. The maximum Gasteiger partial charge on any atom is 0.314 e. The van der Waals surface area contributed by atoms with Crippen LogP contribution in [0.2, 0.25) is 0 Å². The molecule has 0 aromatic rings. The van der Waals surface area contributed by atoms with Crippen molar-refractivity contribution in [1.82, 2.24) is 10.6 Å². The lowest BCUT2D eigenvalue weighted by Gasteiger charge is -2.28. The van der Waals surface area contributed by atoms with Crippen molar-refractivity contribution in [2.75, 3.05) is 18.8 Å². The van der Waals surface area contributed by atoms with Crippen LogP contribution in [0.3, 0.4) is 0 Å². The van der Waals surface area contributed by atoms with Crippen molar-refractivity contribution in [1.29, 1.82) is 0 Å². The fraction of sp³-hybridized carbons (Fsp3) is 0.857. The minimum Gasteiger partial charge on any atom is -0.481 e. The Hall–Kier alpha value is -0.910. The monoisotopic (exact) mass is 302 g/mol. The fourth-order valence-electron chi connectivity index (χ4n) is 2.43. The average molecular weight is 302 g/mol. The second-order valence-electron chi connectivity index (χ2n) is 5.73. The molecule has 1 aliphatic heterocycles. The Balaban J connectivity index is 2.40. The highest BCUT2D eigenvalue weighted by Crippen LogP contribution is 2.36. The normalized spacial score (nSPS) is 22.6. The zero-order valence-corrected chi connectivity index (χ0v) is 13.4. The molecule has 1 fully saturated rings. The molecule has 0 aliphatic carbocycles. The molecular weight excluding hydrogens is 276 g/mol. The van der Waals surface area contributed by atoms with Gasteiger partial charge in [0.05, 0.1) is 5.41 Å². The summed E-state index contributed by atoms with van der Waals surface area (Å²) in [6.45, 7) is 6.64. The van der Waals surface area contributed by atoms with Crippen molar-refractivity contribution in [2.24, 2.45) is 5.41 Å². The first-order valence-electron chi connectivity index (χ1n) is 7.26. The molecule has 20 heavy (non-hydrogen) atoms. The smallest absolute Gasteiger partial charge is 0.314 e. The van der Waals surface area contributed by atoms with Gasteiger partial charge in [0.2, 0.25) is 0 Å². The van der Waals surface area contributed by atoms with E-state index in [1.165, 1.54) is 6.42 Å². The molecule has 1 heterocycles. The van der Waals surface area contributed by atoms with E-state index in [1.807, 2.05) is 25.6 Å². The van der Waals surface area contributed by atoms with Crippen LogP contribution < -0.4 is 10.6 Å². The first-order chi connectivity index (χ1) is 9.37. The van der Waals surface area contributed by atoms with Gasteiger partial charge in [-0.15, -0.1) is 0 Å². The summed E-state index contributed by atoms with van der Waals surface area (Å²) in [6, 6.07) is -0.272. The maximum absolute atomic E-state index is 11.8. The van der Waals surface area contributed by atoms with Crippen molar-refractivity contribution in [3.63, 3.8) is 0 Å². The number of rotatable bonds is 7. The maximum atomic E-state index is 11.8. The van der Waals surface area contributed by atoms with Gasteiger partial charge in [-0.05, 0) is 38.4 Å². The van der Waals surface area contributed by atoms with E-state index in [0.29, 0.717) is 19.4 Å². The molecule has 0 bridgehead atoms. The quantitative estimate of drug-likeness (QED) is 0.675. The van der Waals surface area contributed by atoms with E-state index >= 15 is 0 Å². The summed E-state index contributed by atoms with van der Waals surface area (Å²) in [7, 11) is 0. The lowest BCUT2D eigenvalue weighted by molar-refractivity contribution is -0.149. The van der Waals surface area contributed by atoms with Crippen LogP contribution in [0.1, 0.15) is 46.5 Å². The molecule has 0 aromatic carbocycles. The number of amides is 2. The molecule has 0 aromatic heterocycles. The van der Waals surface area contributed by atoms with E-state index in [0.717, 1.165) is 12.2 Å². The van der Waals surface area contributed by atoms with E-state index < -0.39 is 11.4 Å². The van der Waals surface area contributed by atoms with Crippen molar-refractivity contribution in [3.8, 4) is 0 Å². The number of carbonyl (C=O) groups excluding carboxylic acids is 1. The molecule has 3 N–H and O–H groups in total. The van der Waals surface area contributed by atoms with Gasteiger partial charge in [0.1, 0.15) is 0 Å². The molecule has 1 atom stereocenters. The largest absolute Gasteiger partial charge is 0.481 e. The number of carbonyl (C=O) groups is 2. The second kappa shape index (κ2) is 7.20. The van der Waals surface area contributed by atoms with Gasteiger partial charge < -0.3 is 15.7 Å². The van der Waals surface area contributed by atoms with Crippen LogP contribution in [-0.4, -0.2) is 40.7 Å². The molecule has 116 valence electrons. The predicted molar refractivity (Wildman–Crippen MR) is 82.1 cm³/mol. The molecule has 0 radical (unpaired) electrons. The van der Waals surface area contributed by atoms with Crippen LogP contribution in [-0.2, 0) is 4.79 Å². The molecule has 1 aliphatic rings. The third-order valence-corrected chi connectivity index (χ3v) is 5.86. The van der Waals surface area contributed by atoms with Crippen molar-refractivity contribution in [2.45, 2.75) is 51.2 Å². The SMILES string of the molecule is CCC(CC)(CNC(=O)NCC1(C)CCCS1)C(=O)O. The van der Waals surface area contributed by atoms with E-state index in [2.05, 4.69) is 17.6 Å². The Bertz CT molecular complexity index is 350. The average Bonchev–Trinajstić information content (AvgIpc) is 2.85. The highest BCUT2D eigenvalue weighted by Gasteiger charge is 2.35. The molecule has 2 amide bonds. The highest BCUT2D eigenvalue weighted by molar-refractivity contribution is 8.00. The van der Waals surface area contributed by atoms with Gasteiger partial charge >= 0.3 is 12.0 Å². The molecule has 1 rings (SSSR count). The molecule has 1 saturated heterocycles. The van der Waals surface area contributed by atoms with Gasteiger partial charge in [-0.1, -0.05) is 13.8 Å². The first-order valence-corrected chi connectivity index (χ1v) is 8.25. The zero-order valence-electron chi connectivity index (χ0n) is 12.6. The zero-order chi connectivity index (χ0) is 15.2. The summed E-state index contributed by atoms with van der Waals surface area (Å²) in [4.78, 5) is 23.2. The van der Waals surface area contributed by atoms with Crippen LogP contribution in [0.5, 0.6) is 0 Å². The number of carboxylic acid groups (broad SMARTS) is 1. The van der Waals surface area contributed by atoms with E-state index in [1.54, 1.807) is 0 Å². The Morgan fingerprint density at radius 3 is 2.40 bits per heavy atom. The number of hydrogen-bond acceptors (Lipinski definition) is 3. The van der Waals surface area contributed by atoms with Gasteiger partial charge in [0.15, 0.2) is 0 Å². The summed E-state index contributed by atoms with van der Waals surface area (Å²) >= 11 is 1.89. The number of nitrogens with one attached hydrogen (secondary N) is 2. The van der Waals surface area contributed by atoms with Gasteiger partial charge in [0, 0.05) is 17.8 Å². The molecule has 5 nitrogen and oxygen atoms in total. The van der Waals surface area contributed by atoms with Crippen molar-refractivity contribution >= 4 is 23.8 Å². The van der Waals surface area contributed by atoms with Crippen LogP contribution >= 0.6 is 11.8 Å². The lowest BCUT2D eigenvalue weighted by atomic mass is 9.82. The number of thioether (sulfide) groups is 1. The Morgan fingerprint density at radius 1 is 1.30 bits per heavy atom. The number of urea groups is 1. The van der Waals surface area contributed by atoms with Crippen LogP contribution in [0, 0.1) is 5.41 Å². The van der Waals surface area contributed by atoms with Crippen molar-refractivity contribution in [3.05, 3.63) is 0 Å². The third kappa shape index (κ3) is 4.30. The minimum atomic E-state index is -0.858. The third-order valence-electron chi connectivity index (χ3n) is 4.32. The summed E-state index contributed by atoms with van der Waals surface area (Å²) in [5, 5.41) is 14.9. The Labute approximate surface area is 125 Å². The number of hydrogen-bond donors (Lipinski definition) is 3. The van der Waals surface area contributed by atoms with E-state index in [-0.39, 0.29) is 17.3 Å². The van der Waals surface area contributed by atoms with Crippen LogP contribution in [0.4, 0.5) is 4.79 Å². The lowest BCUT2D eigenvalue weighted by Crippen LogP contribution is -2.48. The summed E-state index contributed by atoms with van der Waals surface area (Å²) in [6.07, 6.45) is 3.32. The molecule has 1 unspecified atom stereocenters. The van der Waals surface area contributed by atoms with Crippen LogP contribution in [0.15, 0.2) is 0 Å². The Kier molecular flexibility index (Phi) is 6.17. The summed E-state index contributed by atoms with van der Waals surface area (Å²) in [5.74, 6) is 0.300. The minimum absolute atomic E-state index is 0.122. The summed E-state index contributed by atoms with van der Waals surface area (Å²) < 4.78 is 0.122. The van der Waals surface area contributed by atoms with Gasteiger partial charge in [-0.25, -0.2) is 4.79 Å². The number of carboxylic acids is 1. The molecule has 0 saturated carbocycles. The van der Waals surface area contributed by atoms with Gasteiger partial charge in [-0.3, -0.25) is 4.79 Å². The van der Waals surface area contributed by atoms with E-state index in [4.69, 9.17) is 0 Å². The number of aliphatic carboxylic acids is 1. The molecule has 0 spiro atoms. The highest BCUT2D eigenvalue weighted by atomic mass is 32.2. The Morgan fingerprint density at radius 2 is 1.95 bits per heavy atom. The van der Waals surface area contributed by atoms with E-state index in [9.17, 15) is 14.7 Å². The summed E-state index contributed by atoms with van der Waals surface area (Å²) in [5.41, 5.74) is -0.858. The standard InChI is InChI=1S/C14H26N2O3S/c1-4-14(5-2,11(17)18)10-16-12(19)15-9-13(3)7-6-8-20-13/h4-10H2,1-3H3,(H,17,18)(H2,15,16,19). The fourth-order valence-corrected chi connectivity index (χ4v) is 3.68. The topological polar surface area (TPSA) is 78.4 Å². The molecule has 6 heteroatoms. The first kappa shape index (κ1) is 17.1.